The summed E-state index contributed by atoms with van der Waals surface area (Å²) in [5.74, 6) is 0.166. The summed E-state index contributed by atoms with van der Waals surface area (Å²) in [5.41, 5.74) is -0.790. The van der Waals surface area contributed by atoms with Crippen molar-refractivity contribution in [1.82, 2.24) is 9.66 Å². The van der Waals surface area contributed by atoms with E-state index in [0.29, 0.717) is 20.6 Å². The van der Waals surface area contributed by atoms with Crippen LogP contribution in [0.3, 0.4) is 0 Å². The van der Waals surface area contributed by atoms with Crippen molar-refractivity contribution in [3.05, 3.63) is 91.6 Å². The predicted molar refractivity (Wildman–Crippen MR) is 130 cm³/mol. The van der Waals surface area contributed by atoms with E-state index in [1.165, 1.54) is 24.4 Å². The maximum Gasteiger partial charge on any atom is 0.416 e. The number of fused-ring (bicyclic) bond motifs is 1. The molecule has 0 unspecified atom stereocenters. The second-order valence-electron chi connectivity index (χ2n) is 7.15. The summed E-state index contributed by atoms with van der Waals surface area (Å²) in [5, 5.41) is 13.7. The number of ether oxygens (including phenoxy) is 1. The molecule has 0 aliphatic heterocycles. The van der Waals surface area contributed by atoms with Crippen LogP contribution in [0.1, 0.15) is 11.1 Å². The van der Waals surface area contributed by atoms with Crippen LogP contribution in [0.25, 0.3) is 22.3 Å². The molecule has 0 saturated heterocycles. The molecule has 0 bridgehead atoms. The van der Waals surface area contributed by atoms with E-state index in [-0.39, 0.29) is 29.1 Å². The van der Waals surface area contributed by atoms with E-state index >= 15 is 0 Å². The van der Waals surface area contributed by atoms with Crippen molar-refractivity contribution >= 4 is 44.6 Å². The van der Waals surface area contributed by atoms with E-state index in [9.17, 15) is 18.0 Å². The Balaban J connectivity index is 1.94. The van der Waals surface area contributed by atoms with Gasteiger partial charge < -0.3 is 4.74 Å². The molecule has 3 aromatic carbocycles. The quantitative estimate of drug-likeness (QED) is 0.269. The third-order valence-corrected chi connectivity index (χ3v) is 5.64. The van der Waals surface area contributed by atoms with Crippen molar-refractivity contribution < 1.29 is 17.9 Å². The Morgan fingerprint density at radius 2 is 1.94 bits per heavy atom. The average molecular weight is 562 g/mol. The highest BCUT2D eigenvalue weighted by atomic mass is 79.9. The molecule has 0 spiro atoms. The van der Waals surface area contributed by atoms with Crippen molar-refractivity contribution in [2.24, 2.45) is 5.10 Å². The first-order valence-corrected chi connectivity index (χ1v) is 11.1. The fourth-order valence-corrected chi connectivity index (χ4v) is 4.25. The minimum absolute atomic E-state index is 0.0491. The number of rotatable bonds is 5. The summed E-state index contributed by atoms with van der Waals surface area (Å²) in [7, 11) is 0. The van der Waals surface area contributed by atoms with Gasteiger partial charge in [-0.1, -0.05) is 35.9 Å². The summed E-state index contributed by atoms with van der Waals surface area (Å²) in [6, 6.07) is 15.8. The van der Waals surface area contributed by atoms with Gasteiger partial charge in [-0.2, -0.15) is 28.2 Å². The summed E-state index contributed by atoms with van der Waals surface area (Å²) in [4.78, 5) is 17.7. The molecule has 0 fully saturated rings. The van der Waals surface area contributed by atoms with Gasteiger partial charge in [-0.25, -0.2) is 4.98 Å². The van der Waals surface area contributed by atoms with Crippen LogP contribution in [0.15, 0.2) is 75.0 Å². The zero-order valence-corrected chi connectivity index (χ0v) is 19.9. The van der Waals surface area contributed by atoms with Gasteiger partial charge in [0.15, 0.2) is 12.4 Å². The molecule has 176 valence electrons. The number of alkyl halides is 3. The maximum absolute atomic E-state index is 13.3. The summed E-state index contributed by atoms with van der Waals surface area (Å²) < 4.78 is 46.8. The molecule has 0 saturated carbocycles. The lowest BCUT2D eigenvalue weighted by molar-refractivity contribution is -0.137. The number of benzene rings is 3. The highest BCUT2D eigenvalue weighted by Gasteiger charge is 2.31. The minimum atomic E-state index is -4.58. The fourth-order valence-electron chi connectivity index (χ4n) is 3.31. The van der Waals surface area contributed by atoms with E-state index in [1.54, 1.807) is 30.3 Å². The van der Waals surface area contributed by atoms with Gasteiger partial charge in [-0.05, 0) is 52.3 Å². The van der Waals surface area contributed by atoms with Gasteiger partial charge >= 0.3 is 6.18 Å². The van der Waals surface area contributed by atoms with Crippen molar-refractivity contribution in [1.29, 1.82) is 5.26 Å². The van der Waals surface area contributed by atoms with Crippen molar-refractivity contribution in [2.45, 2.75) is 6.18 Å². The zero-order chi connectivity index (χ0) is 25.2. The molecule has 4 aromatic rings. The molecule has 0 aliphatic rings. The zero-order valence-electron chi connectivity index (χ0n) is 17.6. The predicted octanol–water partition coefficient (Wildman–Crippen LogP) is 6.28. The average Bonchev–Trinajstić information content (AvgIpc) is 2.82. The topological polar surface area (TPSA) is 80.3 Å². The molecule has 6 nitrogen and oxygen atoms in total. The summed E-state index contributed by atoms with van der Waals surface area (Å²) in [6.07, 6.45) is -3.32. The van der Waals surface area contributed by atoms with Crippen LogP contribution in [0.5, 0.6) is 5.75 Å². The van der Waals surface area contributed by atoms with Crippen LogP contribution >= 0.6 is 27.5 Å². The SMILES string of the molecule is N#CCOc1c(Br)cc(Cl)cc1C=Nn1c(-c2cccc(C(F)(F)F)c2)nc2ccccc2c1=O. The minimum Gasteiger partial charge on any atom is -0.477 e. The first-order chi connectivity index (χ1) is 16.7. The normalized spacial score (nSPS) is 11.7. The van der Waals surface area contributed by atoms with Gasteiger partial charge in [-0.15, -0.1) is 0 Å². The third kappa shape index (κ3) is 5.21. The number of nitriles is 1. The van der Waals surface area contributed by atoms with Crippen LogP contribution in [0, 0.1) is 11.3 Å². The number of hydrogen-bond acceptors (Lipinski definition) is 5. The van der Waals surface area contributed by atoms with Crippen LogP contribution in [0.4, 0.5) is 13.2 Å². The first-order valence-electron chi connectivity index (χ1n) is 9.91. The van der Waals surface area contributed by atoms with E-state index in [2.05, 4.69) is 26.0 Å². The van der Waals surface area contributed by atoms with Gasteiger partial charge in [-0.3, -0.25) is 4.79 Å². The van der Waals surface area contributed by atoms with Gasteiger partial charge in [0, 0.05) is 16.1 Å². The standard InChI is InChI=1S/C24H13BrClF3N4O2/c25-19-12-17(26)11-15(21(19)35-9-8-30)13-31-33-22(14-4-3-5-16(10-14)24(27,28)29)32-20-7-2-1-6-18(20)23(33)34/h1-7,10-13H,9H2. The largest absolute Gasteiger partial charge is 0.477 e. The Hall–Kier alpha value is -3.68. The Kier molecular flexibility index (Phi) is 6.91. The van der Waals surface area contributed by atoms with Crippen molar-refractivity contribution in [3.8, 4) is 23.2 Å². The van der Waals surface area contributed by atoms with Crippen LogP contribution in [0.2, 0.25) is 5.02 Å². The molecule has 35 heavy (non-hydrogen) atoms. The number of hydrogen-bond donors (Lipinski definition) is 0. The Morgan fingerprint density at radius 3 is 2.69 bits per heavy atom. The van der Waals surface area contributed by atoms with Gasteiger partial charge in [0.1, 0.15) is 11.8 Å². The second kappa shape index (κ2) is 9.90. The van der Waals surface area contributed by atoms with Crippen LogP contribution < -0.4 is 10.3 Å². The highest BCUT2D eigenvalue weighted by molar-refractivity contribution is 9.10. The Labute approximate surface area is 210 Å². The lowest BCUT2D eigenvalue weighted by atomic mass is 10.1. The summed E-state index contributed by atoms with van der Waals surface area (Å²) >= 11 is 9.45. The number of aromatic nitrogens is 2. The smallest absolute Gasteiger partial charge is 0.416 e. The second-order valence-corrected chi connectivity index (χ2v) is 8.44. The fraction of sp³-hybridized carbons (Fsp3) is 0.0833. The summed E-state index contributed by atoms with van der Waals surface area (Å²) in [6.45, 7) is -0.256. The van der Waals surface area contributed by atoms with Gasteiger partial charge in [0.05, 0.1) is 27.2 Å². The van der Waals surface area contributed by atoms with E-state index in [4.69, 9.17) is 21.6 Å². The molecule has 0 N–H and O–H groups in total. The molecule has 1 heterocycles. The molecule has 0 radical (unpaired) electrons. The molecular weight excluding hydrogens is 549 g/mol. The number of para-hydroxylation sites is 1. The van der Waals surface area contributed by atoms with Gasteiger partial charge in [0.25, 0.3) is 5.56 Å². The molecule has 0 atom stereocenters. The van der Waals surface area contributed by atoms with E-state index < -0.39 is 17.3 Å². The molecular formula is C24H13BrClF3N4O2. The molecule has 0 aliphatic carbocycles. The van der Waals surface area contributed by atoms with Crippen LogP contribution in [-0.2, 0) is 6.18 Å². The van der Waals surface area contributed by atoms with Crippen molar-refractivity contribution in [2.75, 3.05) is 6.61 Å². The van der Waals surface area contributed by atoms with E-state index in [0.717, 1.165) is 16.8 Å². The highest BCUT2D eigenvalue weighted by Crippen LogP contribution is 2.33. The molecule has 1 aromatic heterocycles. The third-order valence-electron chi connectivity index (χ3n) is 4.83. The Morgan fingerprint density at radius 1 is 1.17 bits per heavy atom. The van der Waals surface area contributed by atoms with E-state index in [1.807, 2.05) is 6.07 Å². The molecule has 0 amide bonds. The van der Waals surface area contributed by atoms with Crippen LogP contribution in [-0.4, -0.2) is 22.5 Å². The molecule has 4 rings (SSSR count). The maximum atomic E-state index is 13.3. The number of halogens is 5. The van der Waals surface area contributed by atoms with Crippen molar-refractivity contribution in [3.63, 3.8) is 0 Å². The monoisotopic (exact) mass is 560 g/mol. The lowest BCUT2D eigenvalue weighted by Crippen LogP contribution is -2.20. The van der Waals surface area contributed by atoms with Gasteiger partial charge in [0.2, 0.25) is 0 Å². The number of nitrogens with zero attached hydrogens (tertiary/aromatic N) is 4. The molecule has 11 heteroatoms. The Bertz CT molecular complexity index is 1560. The first kappa shape index (κ1) is 24.4. The lowest BCUT2D eigenvalue weighted by Gasteiger charge is -2.12.